The van der Waals surface area contributed by atoms with Gasteiger partial charge < -0.3 is 19.7 Å². The third kappa shape index (κ3) is 4.34. The van der Waals surface area contributed by atoms with E-state index < -0.39 is 0 Å². The number of carbonyl (C=O) groups is 1. The van der Waals surface area contributed by atoms with Gasteiger partial charge in [-0.3, -0.25) is 0 Å². The number of thiocarbonyl (C=S) groups is 1. The molecule has 0 amide bonds. The average molecular weight is 397 g/mol. The summed E-state index contributed by atoms with van der Waals surface area (Å²) in [5.74, 6) is 0.385. The van der Waals surface area contributed by atoms with Crippen LogP contribution in [-0.4, -0.2) is 29.6 Å². The fourth-order valence-corrected chi connectivity index (χ4v) is 3.34. The van der Waals surface area contributed by atoms with Crippen LogP contribution in [0, 0.1) is 0 Å². The van der Waals surface area contributed by atoms with E-state index >= 15 is 0 Å². The van der Waals surface area contributed by atoms with Crippen molar-refractivity contribution >= 4 is 23.3 Å². The maximum absolute atomic E-state index is 12.6. The molecule has 0 spiro atoms. The van der Waals surface area contributed by atoms with Crippen LogP contribution < -0.4 is 10.1 Å². The number of benzene rings is 2. The topological polar surface area (TPSA) is 50.8 Å². The van der Waals surface area contributed by atoms with Crippen LogP contribution in [0.15, 0.2) is 65.9 Å². The Labute approximate surface area is 170 Å². The molecule has 5 nitrogen and oxygen atoms in total. The number of hydrogen-bond acceptors (Lipinski definition) is 4. The third-order valence-electron chi connectivity index (χ3n) is 4.69. The lowest BCUT2D eigenvalue weighted by atomic mass is 9.95. The van der Waals surface area contributed by atoms with Crippen LogP contribution in [0.25, 0.3) is 0 Å². The van der Waals surface area contributed by atoms with Gasteiger partial charge in [-0.25, -0.2) is 4.79 Å². The Kier molecular flexibility index (Phi) is 6.31. The van der Waals surface area contributed by atoms with E-state index in [1.54, 1.807) is 11.8 Å². The first-order valence-corrected chi connectivity index (χ1v) is 9.61. The van der Waals surface area contributed by atoms with Gasteiger partial charge in [-0.1, -0.05) is 42.5 Å². The zero-order valence-electron chi connectivity index (χ0n) is 16.3. The summed E-state index contributed by atoms with van der Waals surface area (Å²) in [6, 6.07) is 17.3. The molecule has 28 heavy (non-hydrogen) atoms. The van der Waals surface area contributed by atoms with Crippen molar-refractivity contribution in [2.45, 2.75) is 26.5 Å². The molecule has 6 heteroatoms. The fraction of sp³-hybridized carbons (Fsp3) is 0.273. The molecule has 0 saturated heterocycles. The minimum Gasteiger partial charge on any atom is -0.489 e. The average Bonchev–Trinajstić information content (AvgIpc) is 2.71. The molecule has 1 N–H and O–H groups in total. The molecule has 1 atom stereocenters. The van der Waals surface area contributed by atoms with Gasteiger partial charge in [0.1, 0.15) is 12.4 Å². The Morgan fingerprint density at radius 3 is 2.64 bits per heavy atom. The first kappa shape index (κ1) is 19.9. The molecule has 2 aromatic rings. The molecular formula is C22H24N2O3S. The maximum atomic E-state index is 12.6. The van der Waals surface area contributed by atoms with Crippen molar-refractivity contribution in [3.63, 3.8) is 0 Å². The van der Waals surface area contributed by atoms with E-state index in [0.29, 0.717) is 23.9 Å². The maximum Gasteiger partial charge on any atom is 0.338 e. The van der Waals surface area contributed by atoms with Crippen molar-refractivity contribution in [2.75, 3.05) is 13.7 Å². The van der Waals surface area contributed by atoms with E-state index in [9.17, 15) is 4.79 Å². The molecule has 0 radical (unpaired) electrons. The molecule has 3 rings (SSSR count). The van der Waals surface area contributed by atoms with Gasteiger partial charge in [-0.05, 0) is 49.3 Å². The summed E-state index contributed by atoms with van der Waals surface area (Å²) in [5, 5.41) is 3.81. The first-order chi connectivity index (χ1) is 13.5. The first-order valence-electron chi connectivity index (χ1n) is 9.20. The van der Waals surface area contributed by atoms with E-state index in [4.69, 9.17) is 21.7 Å². The molecule has 1 unspecified atom stereocenters. The molecule has 1 aliphatic heterocycles. The highest BCUT2D eigenvalue weighted by Gasteiger charge is 2.33. The predicted molar refractivity (Wildman–Crippen MR) is 113 cm³/mol. The normalized spacial score (nSPS) is 16.6. The molecule has 1 heterocycles. The lowest BCUT2D eigenvalue weighted by molar-refractivity contribution is -0.139. The number of carbonyl (C=O) groups excluding carboxylic acids is 1. The van der Waals surface area contributed by atoms with E-state index in [1.165, 1.54) is 0 Å². The summed E-state index contributed by atoms with van der Waals surface area (Å²) in [4.78, 5) is 14.4. The monoisotopic (exact) mass is 396 g/mol. The van der Waals surface area contributed by atoms with Gasteiger partial charge in [0.25, 0.3) is 0 Å². The molecule has 0 fully saturated rings. The Balaban J connectivity index is 1.88. The molecule has 146 valence electrons. The molecule has 0 bridgehead atoms. The van der Waals surface area contributed by atoms with Crippen LogP contribution in [0.1, 0.15) is 31.0 Å². The third-order valence-corrected chi connectivity index (χ3v) is 5.08. The number of hydrogen-bond donors (Lipinski definition) is 1. The predicted octanol–water partition coefficient (Wildman–Crippen LogP) is 3.96. The Morgan fingerprint density at radius 2 is 1.93 bits per heavy atom. The zero-order chi connectivity index (χ0) is 20.1. The van der Waals surface area contributed by atoms with Crippen molar-refractivity contribution in [3.05, 3.63) is 77.0 Å². The second-order valence-corrected chi connectivity index (χ2v) is 6.89. The van der Waals surface area contributed by atoms with Crippen LogP contribution in [-0.2, 0) is 16.1 Å². The summed E-state index contributed by atoms with van der Waals surface area (Å²) in [7, 11) is 1.83. The zero-order valence-corrected chi connectivity index (χ0v) is 17.1. The number of rotatable bonds is 6. The summed E-state index contributed by atoms with van der Waals surface area (Å²) >= 11 is 5.43. The van der Waals surface area contributed by atoms with Gasteiger partial charge in [0, 0.05) is 12.7 Å². The summed E-state index contributed by atoms with van der Waals surface area (Å²) < 4.78 is 11.2. The highest BCUT2D eigenvalue weighted by atomic mass is 32.1. The Hall–Kier alpha value is -2.86. The van der Waals surface area contributed by atoms with Gasteiger partial charge in [-0.2, -0.15) is 0 Å². The summed E-state index contributed by atoms with van der Waals surface area (Å²) in [6.07, 6.45) is 0. The number of nitrogens with one attached hydrogen (secondary N) is 1. The van der Waals surface area contributed by atoms with Gasteiger partial charge >= 0.3 is 5.97 Å². The molecule has 0 aromatic heterocycles. The van der Waals surface area contributed by atoms with Gasteiger partial charge in [0.2, 0.25) is 0 Å². The van der Waals surface area contributed by atoms with E-state index in [1.807, 2.05) is 68.6 Å². The highest BCUT2D eigenvalue weighted by Crippen LogP contribution is 2.32. The largest absolute Gasteiger partial charge is 0.489 e. The molecule has 0 aliphatic carbocycles. The van der Waals surface area contributed by atoms with Crippen molar-refractivity contribution in [3.8, 4) is 5.75 Å². The van der Waals surface area contributed by atoms with E-state index in [2.05, 4.69) is 5.32 Å². The molecule has 0 saturated carbocycles. The van der Waals surface area contributed by atoms with E-state index in [0.717, 1.165) is 22.6 Å². The Morgan fingerprint density at radius 1 is 1.18 bits per heavy atom. The SMILES string of the molecule is CCOC(=O)C1=C(C)N(C)C(=S)NC1c1cccc(OCc2ccccc2)c1. The summed E-state index contributed by atoms with van der Waals surface area (Å²) in [6.45, 7) is 4.47. The molecule has 1 aliphatic rings. The molecule has 2 aromatic carbocycles. The molecular weight excluding hydrogens is 372 g/mol. The van der Waals surface area contributed by atoms with Crippen LogP contribution in [0.3, 0.4) is 0 Å². The van der Waals surface area contributed by atoms with Crippen LogP contribution in [0.4, 0.5) is 0 Å². The summed E-state index contributed by atoms with van der Waals surface area (Å²) in [5.41, 5.74) is 3.32. The minimum absolute atomic E-state index is 0.316. The van der Waals surface area contributed by atoms with Crippen molar-refractivity contribution in [2.24, 2.45) is 0 Å². The number of nitrogens with zero attached hydrogens (tertiary/aromatic N) is 1. The van der Waals surface area contributed by atoms with Crippen LogP contribution in [0.2, 0.25) is 0 Å². The van der Waals surface area contributed by atoms with Gasteiger partial charge in [-0.15, -0.1) is 0 Å². The van der Waals surface area contributed by atoms with E-state index in [-0.39, 0.29) is 12.0 Å². The number of allylic oxidation sites excluding steroid dienone is 1. The van der Waals surface area contributed by atoms with Crippen molar-refractivity contribution in [1.82, 2.24) is 10.2 Å². The smallest absolute Gasteiger partial charge is 0.338 e. The van der Waals surface area contributed by atoms with Gasteiger partial charge in [0.05, 0.1) is 18.2 Å². The fourth-order valence-electron chi connectivity index (χ4n) is 3.08. The second-order valence-electron chi connectivity index (χ2n) is 6.51. The lowest BCUT2D eigenvalue weighted by Gasteiger charge is -2.35. The number of ether oxygens (including phenoxy) is 2. The quantitative estimate of drug-likeness (QED) is 0.589. The van der Waals surface area contributed by atoms with Gasteiger partial charge in [0.15, 0.2) is 5.11 Å². The second kappa shape index (κ2) is 8.89. The minimum atomic E-state index is -0.386. The lowest BCUT2D eigenvalue weighted by Crippen LogP contribution is -2.46. The standard InChI is InChI=1S/C22H24N2O3S/c1-4-26-21(25)19-15(2)24(3)22(28)23-20(19)17-11-8-12-18(13-17)27-14-16-9-6-5-7-10-16/h5-13,20H,4,14H2,1-3H3,(H,23,28). The highest BCUT2D eigenvalue weighted by molar-refractivity contribution is 7.80. The Bertz CT molecular complexity index is 896. The van der Waals surface area contributed by atoms with Crippen LogP contribution >= 0.6 is 12.2 Å². The van der Waals surface area contributed by atoms with Crippen molar-refractivity contribution in [1.29, 1.82) is 0 Å². The van der Waals surface area contributed by atoms with Crippen LogP contribution in [0.5, 0.6) is 5.75 Å². The van der Waals surface area contributed by atoms with Crippen molar-refractivity contribution < 1.29 is 14.3 Å². The number of esters is 1.